The van der Waals surface area contributed by atoms with Crippen LogP contribution in [-0.4, -0.2) is 16.1 Å². The van der Waals surface area contributed by atoms with Gasteiger partial charge >= 0.3 is 6.18 Å². The highest BCUT2D eigenvalue weighted by Gasteiger charge is 2.30. The zero-order chi connectivity index (χ0) is 15.9. The lowest BCUT2D eigenvalue weighted by Gasteiger charge is -2.31. The quantitative estimate of drug-likeness (QED) is 0.514. The summed E-state index contributed by atoms with van der Waals surface area (Å²) in [5.41, 5.74) is 0.189. The second-order valence-electron chi connectivity index (χ2n) is 5.50. The molecule has 1 aromatic rings. The lowest BCUT2D eigenvalue weighted by Crippen LogP contribution is -2.30. The molecule has 0 spiro atoms. The van der Waals surface area contributed by atoms with Gasteiger partial charge < -0.3 is 4.43 Å². The van der Waals surface area contributed by atoms with Gasteiger partial charge in [-0.25, -0.2) is 0 Å². The predicted octanol–water partition coefficient (Wildman–Crippen LogP) is 4.27. The first-order valence-corrected chi connectivity index (χ1v) is 8.40. The molecule has 0 saturated carbocycles. The average molecular weight is 318 g/mol. The fraction of sp³-hybridized carbons (Fsp3) is 0.625. The Balaban J connectivity index is 2.50. The minimum Gasteiger partial charge on any atom is -0.422 e. The molecule has 5 heteroatoms. The first-order valence-electron chi connectivity index (χ1n) is 7.58. The third kappa shape index (κ3) is 5.47. The van der Waals surface area contributed by atoms with Crippen LogP contribution in [0, 0.1) is 0 Å². The van der Waals surface area contributed by atoms with Crippen molar-refractivity contribution in [2.24, 2.45) is 0 Å². The Hall–Kier alpha value is -0.813. The van der Waals surface area contributed by atoms with Crippen LogP contribution < -0.4 is 0 Å². The van der Waals surface area contributed by atoms with Crippen molar-refractivity contribution in [3.05, 3.63) is 35.4 Å². The Labute approximate surface area is 128 Å². The van der Waals surface area contributed by atoms with Gasteiger partial charge in [0.2, 0.25) is 0 Å². The zero-order valence-electron chi connectivity index (χ0n) is 13.1. The van der Waals surface area contributed by atoms with Crippen LogP contribution in [-0.2, 0) is 17.0 Å². The lowest BCUT2D eigenvalue weighted by atomic mass is 9.90. The van der Waals surface area contributed by atoms with E-state index in [1.54, 1.807) is 6.07 Å². The molecule has 0 aromatic heterocycles. The third-order valence-corrected chi connectivity index (χ3v) is 5.19. The first kappa shape index (κ1) is 18.2. The molecule has 0 atom stereocenters. The second kappa shape index (κ2) is 7.99. The van der Waals surface area contributed by atoms with E-state index in [9.17, 15) is 13.2 Å². The lowest BCUT2D eigenvalue weighted by molar-refractivity contribution is -0.137. The SMILES string of the molecule is CCC(CC)(CCCCc1cccc(C(F)(F)F)c1)O[SiH3]. The van der Waals surface area contributed by atoms with E-state index >= 15 is 0 Å². The molecule has 0 heterocycles. The van der Waals surface area contributed by atoms with Gasteiger partial charge in [0.15, 0.2) is 0 Å². The molecule has 0 aliphatic heterocycles. The Bertz CT molecular complexity index is 420. The Kier molecular flexibility index (Phi) is 6.94. The maximum absolute atomic E-state index is 12.6. The summed E-state index contributed by atoms with van der Waals surface area (Å²) >= 11 is 0. The molecule has 0 fully saturated rings. The third-order valence-electron chi connectivity index (χ3n) is 4.32. The summed E-state index contributed by atoms with van der Waals surface area (Å²) in [5, 5.41) is 0. The van der Waals surface area contributed by atoms with Crippen LogP contribution in [0.4, 0.5) is 13.2 Å². The molecule has 0 amide bonds. The second-order valence-corrected chi connectivity index (χ2v) is 5.91. The zero-order valence-corrected chi connectivity index (χ0v) is 15.1. The van der Waals surface area contributed by atoms with Crippen LogP contribution in [0.1, 0.15) is 57.1 Å². The van der Waals surface area contributed by atoms with Crippen LogP contribution in [0.2, 0.25) is 0 Å². The number of aryl methyl sites for hydroxylation is 1. The molecule has 0 N–H and O–H groups in total. The average Bonchev–Trinajstić information content (AvgIpc) is 2.48. The predicted molar refractivity (Wildman–Crippen MR) is 83.3 cm³/mol. The smallest absolute Gasteiger partial charge is 0.416 e. The van der Waals surface area contributed by atoms with Crippen molar-refractivity contribution in [2.75, 3.05) is 0 Å². The van der Waals surface area contributed by atoms with E-state index in [4.69, 9.17) is 4.43 Å². The summed E-state index contributed by atoms with van der Waals surface area (Å²) in [6.07, 6.45) is 1.30. The number of unbranched alkanes of at least 4 members (excludes halogenated alkanes) is 1. The van der Waals surface area contributed by atoms with E-state index in [2.05, 4.69) is 13.8 Å². The van der Waals surface area contributed by atoms with Crippen molar-refractivity contribution in [2.45, 2.75) is 64.1 Å². The summed E-state index contributed by atoms with van der Waals surface area (Å²) in [6.45, 7) is 4.27. The van der Waals surface area contributed by atoms with Gasteiger partial charge in [0.05, 0.1) is 11.2 Å². The molecular weight excluding hydrogens is 293 g/mol. The normalized spacial score (nSPS) is 12.8. The fourth-order valence-electron chi connectivity index (χ4n) is 2.67. The molecule has 0 bridgehead atoms. The highest BCUT2D eigenvalue weighted by Crippen LogP contribution is 2.30. The molecule has 0 saturated heterocycles. The Morgan fingerprint density at radius 3 is 2.29 bits per heavy atom. The van der Waals surface area contributed by atoms with Crippen molar-refractivity contribution in [1.29, 1.82) is 0 Å². The van der Waals surface area contributed by atoms with Crippen molar-refractivity contribution >= 4 is 10.5 Å². The highest BCUT2D eigenvalue weighted by molar-refractivity contribution is 5.98. The van der Waals surface area contributed by atoms with Gasteiger partial charge in [-0.15, -0.1) is 0 Å². The summed E-state index contributed by atoms with van der Waals surface area (Å²) in [4.78, 5) is 0. The topological polar surface area (TPSA) is 9.23 Å². The minimum absolute atomic E-state index is 0.0138. The van der Waals surface area contributed by atoms with E-state index < -0.39 is 11.7 Å². The van der Waals surface area contributed by atoms with Crippen LogP contribution in [0.25, 0.3) is 0 Å². The summed E-state index contributed by atoms with van der Waals surface area (Å²) in [5.74, 6) is 0. The molecule has 120 valence electrons. The first-order chi connectivity index (χ1) is 9.87. The Morgan fingerprint density at radius 2 is 1.76 bits per heavy atom. The van der Waals surface area contributed by atoms with Crippen LogP contribution in [0.5, 0.6) is 0 Å². The van der Waals surface area contributed by atoms with Gasteiger partial charge in [-0.1, -0.05) is 38.5 Å². The molecule has 1 aromatic carbocycles. The van der Waals surface area contributed by atoms with Crippen molar-refractivity contribution in [3.8, 4) is 0 Å². The van der Waals surface area contributed by atoms with Gasteiger partial charge in [0.1, 0.15) is 10.5 Å². The van der Waals surface area contributed by atoms with E-state index in [0.29, 0.717) is 6.42 Å². The van der Waals surface area contributed by atoms with E-state index in [0.717, 1.165) is 54.2 Å². The van der Waals surface area contributed by atoms with Gasteiger partial charge in [-0.05, 0) is 43.7 Å². The highest BCUT2D eigenvalue weighted by atomic mass is 28.2. The molecule has 21 heavy (non-hydrogen) atoms. The van der Waals surface area contributed by atoms with Crippen molar-refractivity contribution < 1.29 is 17.6 Å². The Morgan fingerprint density at radius 1 is 1.10 bits per heavy atom. The monoisotopic (exact) mass is 318 g/mol. The van der Waals surface area contributed by atoms with Gasteiger partial charge in [0.25, 0.3) is 0 Å². The molecule has 1 nitrogen and oxygen atoms in total. The maximum atomic E-state index is 12.6. The molecule has 1 rings (SSSR count). The number of halogens is 3. The molecule has 0 aliphatic carbocycles. The number of hydrogen-bond acceptors (Lipinski definition) is 1. The number of rotatable bonds is 8. The van der Waals surface area contributed by atoms with Gasteiger partial charge in [-0.2, -0.15) is 13.2 Å². The minimum atomic E-state index is -4.25. The number of hydrogen-bond donors (Lipinski definition) is 0. The number of benzene rings is 1. The van der Waals surface area contributed by atoms with Crippen molar-refractivity contribution in [1.82, 2.24) is 0 Å². The summed E-state index contributed by atoms with van der Waals surface area (Å²) < 4.78 is 43.7. The van der Waals surface area contributed by atoms with Crippen LogP contribution in [0.15, 0.2) is 24.3 Å². The fourth-order valence-corrected chi connectivity index (χ4v) is 3.46. The van der Waals surface area contributed by atoms with E-state index in [1.165, 1.54) is 12.1 Å². The van der Waals surface area contributed by atoms with Gasteiger partial charge in [-0.3, -0.25) is 0 Å². The van der Waals surface area contributed by atoms with E-state index in [-0.39, 0.29) is 5.60 Å². The van der Waals surface area contributed by atoms with Gasteiger partial charge in [0, 0.05) is 0 Å². The standard InChI is InChI=1S/C16H25F3OSi/c1-3-15(4-2,20-21)11-6-5-8-13-9-7-10-14(12-13)16(17,18)19/h7,9-10,12H,3-6,8,11H2,1-2,21H3. The van der Waals surface area contributed by atoms with E-state index in [1.807, 2.05) is 0 Å². The van der Waals surface area contributed by atoms with Crippen molar-refractivity contribution in [3.63, 3.8) is 0 Å². The summed E-state index contributed by atoms with van der Waals surface area (Å²) in [6, 6.07) is 5.64. The molecule has 0 radical (unpaired) electrons. The maximum Gasteiger partial charge on any atom is 0.416 e. The number of alkyl halides is 3. The molecule has 0 aliphatic rings. The molecular formula is C16H25F3OSi. The summed E-state index contributed by atoms with van der Waals surface area (Å²) in [7, 11) is 0.728. The van der Waals surface area contributed by atoms with Crippen LogP contribution in [0.3, 0.4) is 0 Å². The molecule has 0 unspecified atom stereocenters. The largest absolute Gasteiger partial charge is 0.422 e. The van der Waals surface area contributed by atoms with Crippen LogP contribution >= 0.6 is 0 Å².